The lowest BCUT2D eigenvalue weighted by Crippen LogP contribution is -2.27. The highest BCUT2D eigenvalue weighted by atomic mass is 33.5. The Morgan fingerprint density at radius 3 is 1.32 bits per heavy atom. The molecule has 19 heteroatoms. The number of hydrogen-bond acceptors (Lipinski definition) is 15. The van der Waals surface area contributed by atoms with Crippen LogP contribution in [0.25, 0.3) is 0 Å². The summed E-state index contributed by atoms with van der Waals surface area (Å²) in [6.07, 6.45) is -2.41. The largest absolute Gasteiger partial charge is 0.312 e. The van der Waals surface area contributed by atoms with Gasteiger partial charge in [-0.05, 0) is 9.83 Å². The average Bonchev–Trinajstić information content (AvgIpc) is 2.48. The van der Waals surface area contributed by atoms with Crippen LogP contribution in [0.3, 0.4) is 0 Å². The molecule has 0 rings (SSSR count). The Labute approximate surface area is 149 Å². The summed E-state index contributed by atoms with van der Waals surface area (Å²) in [5.41, 5.74) is 0. The number of nitrogens with zero attached hydrogens (tertiary/aromatic N) is 4. The normalized spacial score (nSPS) is 12.5. The molecule has 0 bridgehead atoms. The van der Waals surface area contributed by atoms with E-state index >= 15 is 0 Å². The SMILES string of the molecule is O=[N+]([O-])OCC(CSSSCC(CO[N+](=O)[O-])O[N+](=O)[O-])O[N+](=O)[O-]. The highest BCUT2D eigenvalue weighted by Crippen LogP contribution is 2.36. The van der Waals surface area contributed by atoms with Crippen LogP contribution in [0, 0.1) is 40.5 Å². The van der Waals surface area contributed by atoms with E-state index in [0.717, 1.165) is 31.4 Å². The fourth-order valence-electron chi connectivity index (χ4n) is 0.991. The molecule has 0 aromatic carbocycles. The molecule has 0 N–H and O–H groups in total. The zero-order valence-corrected chi connectivity index (χ0v) is 14.3. The van der Waals surface area contributed by atoms with Crippen LogP contribution in [0.1, 0.15) is 0 Å². The van der Waals surface area contributed by atoms with Crippen LogP contribution in [-0.2, 0) is 19.4 Å². The van der Waals surface area contributed by atoms with Crippen molar-refractivity contribution in [2.45, 2.75) is 12.2 Å². The maximum absolute atomic E-state index is 10.2. The smallest absolute Gasteiger partial charge is 0.294 e. The van der Waals surface area contributed by atoms with E-state index in [1.165, 1.54) is 0 Å². The Morgan fingerprint density at radius 2 is 1.04 bits per heavy atom. The minimum absolute atomic E-state index is 0.0708. The van der Waals surface area contributed by atoms with Gasteiger partial charge in [-0.3, -0.25) is 0 Å². The molecule has 16 nitrogen and oxygen atoms in total. The van der Waals surface area contributed by atoms with Gasteiger partial charge in [0.15, 0.2) is 0 Å². The third kappa shape index (κ3) is 15.1. The average molecular weight is 426 g/mol. The van der Waals surface area contributed by atoms with Gasteiger partial charge in [0.2, 0.25) is 0 Å². The van der Waals surface area contributed by atoms with Gasteiger partial charge in [0.1, 0.15) is 25.4 Å². The second kappa shape index (κ2) is 13.2. The molecule has 0 aliphatic carbocycles. The lowest BCUT2D eigenvalue weighted by atomic mass is 10.4. The molecule has 0 saturated carbocycles. The van der Waals surface area contributed by atoms with E-state index in [0.29, 0.717) is 0 Å². The Balaban J connectivity index is 4.12. The van der Waals surface area contributed by atoms with Crippen molar-refractivity contribution in [1.29, 1.82) is 0 Å². The molecule has 0 radical (unpaired) electrons. The first kappa shape index (κ1) is 22.9. The summed E-state index contributed by atoms with van der Waals surface area (Å²) >= 11 is 0. The van der Waals surface area contributed by atoms with E-state index in [1.807, 2.05) is 0 Å². The van der Waals surface area contributed by atoms with Gasteiger partial charge in [0, 0.05) is 11.5 Å². The predicted octanol–water partition coefficient (Wildman–Crippen LogP) is 0.586. The van der Waals surface area contributed by atoms with Crippen molar-refractivity contribution in [1.82, 2.24) is 0 Å². The van der Waals surface area contributed by atoms with Crippen molar-refractivity contribution in [3.63, 3.8) is 0 Å². The molecule has 25 heavy (non-hydrogen) atoms. The molecule has 0 heterocycles. The highest BCUT2D eigenvalue weighted by molar-refractivity contribution is 9.09. The molecule has 144 valence electrons. The fraction of sp³-hybridized carbons (Fsp3) is 1.00. The predicted molar refractivity (Wildman–Crippen MR) is 82.1 cm³/mol. The first-order chi connectivity index (χ1) is 11.7. The van der Waals surface area contributed by atoms with Gasteiger partial charge in [-0.2, -0.15) is 0 Å². The molecule has 0 aromatic rings. The molecular weight excluding hydrogens is 416 g/mol. The van der Waals surface area contributed by atoms with Gasteiger partial charge in [0.25, 0.3) is 20.3 Å². The van der Waals surface area contributed by atoms with Gasteiger partial charge in [-0.15, -0.1) is 40.5 Å². The maximum Gasteiger partial charge on any atom is 0.294 e. The minimum Gasteiger partial charge on any atom is -0.312 e. The first-order valence-electron chi connectivity index (χ1n) is 5.78. The summed E-state index contributed by atoms with van der Waals surface area (Å²) in [7, 11) is 2.99. The summed E-state index contributed by atoms with van der Waals surface area (Å²) in [6.45, 7) is -1.31. The monoisotopic (exact) mass is 426 g/mol. The van der Waals surface area contributed by atoms with E-state index in [4.69, 9.17) is 0 Å². The van der Waals surface area contributed by atoms with Crippen LogP contribution in [-0.4, -0.2) is 57.3 Å². The van der Waals surface area contributed by atoms with Crippen LogP contribution in [0.2, 0.25) is 0 Å². The molecule has 0 saturated heterocycles. The van der Waals surface area contributed by atoms with Crippen LogP contribution in [0.4, 0.5) is 0 Å². The quantitative estimate of drug-likeness (QED) is 0.143. The van der Waals surface area contributed by atoms with Crippen molar-refractivity contribution in [2.75, 3.05) is 24.7 Å². The van der Waals surface area contributed by atoms with Crippen molar-refractivity contribution < 1.29 is 39.7 Å². The van der Waals surface area contributed by atoms with Gasteiger partial charge >= 0.3 is 0 Å². The van der Waals surface area contributed by atoms with Gasteiger partial charge in [-0.25, -0.2) is 0 Å². The first-order valence-corrected chi connectivity index (χ1v) is 9.60. The van der Waals surface area contributed by atoms with E-state index in [2.05, 4.69) is 19.4 Å². The maximum atomic E-state index is 10.2. The Hall–Kier alpha value is -2.15. The second-order valence-corrected chi connectivity index (χ2v) is 7.90. The fourth-order valence-corrected chi connectivity index (χ4v) is 4.85. The van der Waals surface area contributed by atoms with Gasteiger partial charge in [0.05, 0.1) is 0 Å². The van der Waals surface area contributed by atoms with E-state index in [1.54, 1.807) is 0 Å². The number of rotatable bonds is 16. The third-order valence-electron chi connectivity index (χ3n) is 1.81. The summed E-state index contributed by atoms with van der Waals surface area (Å²) in [5, 5.41) is 36.1. The number of hydrogen-bond donors (Lipinski definition) is 0. The Morgan fingerprint density at radius 1 is 0.680 bits per heavy atom. The van der Waals surface area contributed by atoms with Crippen LogP contribution < -0.4 is 0 Å². The minimum atomic E-state index is -1.21. The molecule has 0 aromatic heterocycles. The molecule has 2 atom stereocenters. The summed E-state index contributed by atoms with van der Waals surface area (Å²) < 4.78 is 0. The van der Waals surface area contributed by atoms with Crippen molar-refractivity contribution in [3.05, 3.63) is 40.5 Å². The van der Waals surface area contributed by atoms with Crippen molar-refractivity contribution in [3.8, 4) is 0 Å². The van der Waals surface area contributed by atoms with E-state index in [-0.39, 0.29) is 11.5 Å². The topological polar surface area (TPSA) is 209 Å². The molecule has 0 spiro atoms. The lowest BCUT2D eigenvalue weighted by Gasteiger charge is -2.14. The summed E-state index contributed by atoms with van der Waals surface area (Å²) in [6, 6.07) is 0. The lowest BCUT2D eigenvalue weighted by molar-refractivity contribution is -0.788. The zero-order valence-electron chi connectivity index (χ0n) is 11.9. The van der Waals surface area contributed by atoms with Crippen LogP contribution >= 0.6 is 31.4 Å². The van der Waals surface area contributed by atoms with Gasteiger partial charge < -0.3 is 19.4 Å². The van der Waals surface area contributed by atoms with E-state index in [9.17, 15) is 40.5 Å². The third-order valence-corrected chi connectivity index (χ3v) is 6.14. The summed E-state index contributed by atoms with van der Waals surface area (Å²) in [4.78, 5) is 56.9. The zero-order chi connectivity index (χ0) is 19.2. The van der Waals surface area contributed by atoms with Gasteiger partial charge in [-0.1, -0.05) is 21.6 Å². The molecule has 0 fully saturated rings. The van der Waals surface area contributed by atoms with Crippen molar-refractivity contribution >= 4 is 31.4 Å². The molecular formula is C6H10N4O12S3. The molecule has 0 aliphatic heterocycles. The Kier molecular flexibility index (Phi) is 12.0. The van der Waals surface area contributed by atoms with Crippen LogP contribution in [0.5, 0.6) is 0 Å². The molecule has 2 unspecified atom stereocenters. The Bertz CT molecular complexity index is 428. The van der Waals surface area contributed by atoms with Crippen molar-refractivity contribution in [2.24, 2.45) is 0 Å². The molecule has 0 aliphatic rings. The van der Waals surface area contributed by atoms with E-state index < -0.39 is 45.8 Å². The summed E-state index contributed by atoms with van der Waals surface area (Å²) in [5.74, 6) is -0.142. The standard InChI is InChI=1S/C6H10N4O12S3/c11-7(12)19-1-5(21-9(15)16)3-23-25-24-4-6(22-10(17)18)2-20-8(13)14/h5-6H,1-4H2. The highest BCUT2D eigenvalue weighted by Gasteiger charge is 2.18. The molecule has 0 amide bonds. The second-order valence-electron chi connectivity index (χ2n) is 3.58. The van der Waals surface area contributed by atoms with Crippen LogP contribution in [0.15, 0.2) is 0 Å².